The van der Waals surface area contributed by atoms with Gasteiger partial charge in [-0.05, 0) is 25.5 Å². The molecule has 0 bridgehead atoms. The monoisotopic (exact) mass is 400 g/mol. The number of carbonyl (C=O) groups is 2. The number of aromatic amines is 1. The van der Waals surface area contributed by atoms with Crippen LogP contribution in [0.1, 0.15) is 35.0 Å². The van der Waals surface area contributed by atoms with Crippen molar-refractivity contribution in [1.82, 2.24) is 19.8 Å². The maximum atomic E-state index is 12.6. The Balaban J connectivity index is 1.55. The molecule has 1 aromatic carbocycles. The summed E-state index contributed by atoms with van der Waals surface area (Å²) in [7, 11) is 0. The number of aryl methyl sites for hydroxylation is 2. The molecule has 7 nitrogen and oxygen atoms in total. The van der Waals surface area contributed by atoms with E-state index in [9.17, 15) is 14.4 Å². The maximum Gasteiger partial charge on any atom is 0.255 e. The van der Waals surface area contributed by atoms with Crippen molar-refractivity contribution in [3.05, 3.63) is 57.5 Å². The summed E-state index contributed by atoms with van der Waals surface area (Å²) < 4.78 is 0. The van der Waals surface area contributed by atoms with Gasteiger partial charge in [-0.3, -0.25) is 14.4 Å². The van der Waals surface area contributed by atoms with E-state index in [-0.39, 0.29) is 29.8 Å². The number of rotatable bonds is 6. The Kier molecular flexibility index (Phi) is 6.51. The number of nitrogens with one attached hydrogen (secondary N) is 1. The van der Waals surface area contributed by atoms with Crippen LogP contribution >= 0.6 is 11.8 Å². The van der Waals surface area contributed by atoms with E-state index in [4.69, 9.17) is 0 Å². The SMILES string of the molecule is CCCc1cc(=O)[nH]c(SCC(=O)N2CCN(C(=O)c3ccc(C)cc3)C2)n1. The van der Waals surface area contributed by atoms with E-state index in [1.54, 1.807) is 9.80 Å². The van der Waals surface area contributed by atoms with Gasteiger partial charge >= 0.3 is 0 Å². The van der Waals surface area contributed by atoms with Gasteiger partial charge in [-0.15, -0.1) is 0 Å². The quantitative estimate of drug-likeness (QED) is 0.593. The van der Waals surface area contributed by atoms with E-state index >= 15 is 0 Å². The van der Waals surface area contributed by atoms with Crippen LogP contribution in [0.15, 0.2) is 40.3 Å². The van der Waals surface area contributed by atoms with Crippen molar-refractivity contribution < 1.29 is 9.59 Å². The minimum atomic E-state index is -0.204. The van der Waals surface area contributed by atoms with E-state index in [0.717, 1.165) is 24.1 Å². The van der Waals surface area contributed by atoms with Crippen molar-refractivity contribution in [2.75, 3.05) is 25.5 Å². The van der Waals surface area contributed by atoms with Crippen molar-refractivity contribution in [3.8, 4) is 0 Å². The van der Waals surface area contributed by atoms with E-state index in [0.29, 0.717) is 23.8 Å². The normalized spacial score (nSPS) is 13.8. The molecule has 1 aliphatic rings. The summed E-state index contributed by atoms with van der Waals surface area (Å²) in [6.45, 7) is 5.31. The van der Waals surface area contributed by atoms with Gasteiger partial charge in [-0.1, -0.05) is 42.8 Å². The van der Waals surface area contributed by atoms with Gasteiger partial charge in [-0.25, -0.2) is 4.98 Å². The minimum absolute atomic E-state index is 0.0683. The summed E-state index contributed by atoms with van der Waals surface area (Å²) in [4.78, 5) is 47.2. The Bertz CT molecular complexity index is 910. The number of hydrogen-bond acceptors (Lipinski definition) is 5. The van der Waals surface area contributed by atoms with Gasteiger partial charge in [0.05, 0.1) is 12.4 Å². The number of thioether (sulfide) groups is 1. The van der Waals surface area contributed by atoms with E-state index < -0.39 is 0 Å². The second-order valence-electron chi connectivity index (χ2n) is 6.81. The third-order valence-corrected chi connectivity index (χ3v) is 5.39. The Hall–Kier alpha value is -2.61. The third-order valence-electron chi connectivity index (χ3n) is 4.53. The molecular formula is C20H24N4O3S. The third kappa shape index (κ3) is 5.01. The molecule has 0 atom stereocenters. The summed E-state index contributed by atoms with van der Waals surface area (Å²) in [5, 5.41) is 0.455. The molecule has 28 heavy (non-hydrogen) atoms. The number of nitrogens with zero attached hydrogens (tertiary/aromatic N) is 3. The van der Waals surface area contributed by atoms with E-state index in [2.05, 4.69) is 9.97 Å². The summed E-state index contributed by atoms with van der Waals surface area (Å²) in [6.07, 6.45) is 1.63. The fraction of sp³-hybridized carbons (Fsp3) is 0.400. The summed E-state index contributed by atoms with van der Waals surface area (Å²) in [5.41, 5.74) is 2.26. The first-order valence-electron chi connectivity index (χ1n) is 9.33. The molecule has 2 amide bonds. The summed E-state index contributed by atoms with van der Waals surface area (Å²) in [5.74, 6) is 0.0272. The molecule has 1 N–H and O–H groups in total. The first kappa shape index (κ1) is 20.1. The zero-order chi connectivity index (χ0) is 20.1. The van der Waals surface area contributed by atoms with Crippen molar-refractivity contribution in [2.45, 2.75) is 31.8 Å². The molecule has 1 fully saturated rings. The van der Waals surface area contributed by atoms with E-state index in [1.807, 2.05) is 38.1 Å². The van der Waals surface area contributed by atoms with Crippen molar-refractivity contribution in [3.63, 3.8) is 0 Å². The standard InChI is InChI=1S/C20H24N4O3S/c1-3-4-16-11-17(25)22-20(21-16)28-12-18(26)23-9-10-24(13-23)19(27)15-7-5-14(2)6-8-15/h5-8,11H,3-4,9-10,12-13H2,1-2H3,(H,21,22,25). The Morgan fingerprint density at radius 2 is 1.89 bits per heavy atom. The topological polar surface area (TPSA) is 86.4 Å². The number of carbonyl (C=O) groups excluding carboxylic acids is 2. The lowest BCUT2D eigenvalue weighted by Gasteiger charge is -2.18. The van der Waals surface area contributed by atoms with Crippen molar-refractivity contribution in [2.24, 2.45) is 0 Å². The van der Waals surface area contributed by atoms with Crippen LogP contribution < -0.4 is 5.56 Å². The zero-order valence-electron chi connectivity index (χ0n) is 16.1. The van der Waals surface area contributed by atoms with Gasteiger partial charge in [0, 0.05) is 30.4 Å². The molecule has 8 heteroatoms. The van der Waals surface area contributed by atoms with Crippen LogP contribution in [-0.2, 0) is 11.2 Å². The molecule has 0 spiro atoms. The highest BCUT2D eigenvalue weighted by atomic mass is 32.2. The van der Waals surface area contributed by atoms with Crippen molar-refractivity contribution in [1.29, 1.82) is 0 Å². The molecule has 1 aromatic heterocycles. The Labute approximate surface area is 168 Å². The molecule has 2 aromatic rings. The lowest BCUT2D eigenvalue weighted by Crippen LogP contribution is -2.34. The van der Waals surface area contributed by atoms with Crippen LogP contribution in [0.2, 0.25) is 0 Å². The fourth-order valence-corrected chi connectivity index (χ4v) is 3.79. The lowest BCUT2D eigenvalue weighted by molar-refractivity contribution is -0.127. The molecule has 3 rings (SSSR count). The minimum Gasteiger partial charge on any atom is -0.322 e. The first-order valence-corrected chi connectivity index (χ1v) is 10.3. The van der Waals surface area contributed by atoms with Crippen molar-refractivity contribution >= 4 is 23.6 Å². The predicted molar refractivity (Wildman–Crippen MR) is 108 cm³/mol. The Morgan fingerprint density at radius 1 is 1.18 bits per heavy atom. The highest BCUT2D eigenvalue weighted by molar-refractivity contribution is 7.99. The Morgan fingerprint density at radius 3 is 2.61 bits per heavy atom. The van der Waals surface area contributed by atoms with Crippen LogP contribution in [0.3, 0.4) is 0 Å². The number of H-pyrrole nitrogens is 1. The summed E-state index contributed by atoms with van der Waals surface area (Å²) in [6, 6.07) is 8.92. The molecule has 1 saturated heterocycles. The van der Waals surface area contributed by atoms with Gasteiger partial charge < -0.3 is 14.8 Å². The van der Waals surface area contributed by atoms with Crippen LogP contribution in [0.4, 0.5) is 0 Å². The van der Waals surface area contributed by atoms with Gasteiger partial charge in [0.15, 0.2) is 5.16 Å². The zero-order valence-corrected chi connectivity index (χ0v) is 16.9. The highest BCUT2D eigenvalue weighted by Gasteiger charge is 2.28. The fourth-order valence-electron chi connectivity index (χ4n) is 2.99. The number of hydrogen-bond donors (Lipinski definition) is 1. The largest absolute Gasteiger partial charge is 0.322 e. The first-order chi connectivity index (χ1) is 13.5. The van der Waals surface area contributed by atoms with Gasteiger partial charge in [0.2, 0.25) is 5.91 Å². The van der Waals surface area contributed by atoms with Gasteiger partial charge in [0.1, 0.15) is 0 Å². The van der Waals surface area contributed by atoms with Gasteiger partial charge in [0.25, 0.3) is 11.5 Å². The van der Waals surface area contributed by atoms with Crippen LogP contribution in [-0.4, -0.2) is 57.1 Å². The average molecular weight is 401 g/mol. The molecule has 2 heterocycles. The van der Waals surface area contributed by atoms with E-state index in [1.165, 1.54) is 17.8 Å². The molecule has 0 unspecified atom stereocenters. The summed E-state index contributed by atoms with van der Waals surface area (Å²) >= 11 is 1.22. The molecule has 1 aliphatic heterocycles. The maximum absolute atomic E-state index is 12.6. The van der Waals surface area contributed by atoms with Crippen LogP contribution in [0.5, 0.6) is 0 Å². The molecule has 0 radical (unpaired) electrons. The molecule has 0 aliphatic carbocycles. The molecule has 148 valence electrons. The average Bonchev–Trinajstić information content (AvgIpc) is 3.16. The highest BCUT2D eigenvalue weighted by Crippen LogP contribution is 2.16. The predicted octanol–water partition coefficient (Wildman–Crippen LogP) is 2.07. The molecule has 0 saturated carbocycles. The number of aromatic nitrogens is 2. The van der Waals surface area contributed by atoms with Crippen LogP contribution in [0.25, 0.3) is 0 Å². The smallest absolute Gasteiger partial charge is 0.255 e. The lowest BCUT2D eigenvalue weighted by atomic mass is 10.1. The number of amides is 2. The second kappa shape index (κ2) is 9.05. The van der Waals surface area contributed by atoms with Crippen LogP contribution in [0, 0.1) is 6.92 Å². The van der Waals surface area contributed by atoms with Gasteiger partial charge in [-0.2, -0.15) is 0 Å². The molecular weight excluding hydrogens is 376 g/mol. The number of benzene rings is 1. The second-order valence-corrected chi connectivity index (χ2v) is 7.78.